The highest BCUT2D eigenvalue weighted by molar-refractivity contribution is 6.30. The minimum Gasteiger partial charge on any atom is -0.350 e. The van der Waals surface area contributed by atoms with Crippen LogP contribution < -0.4 is 5.32 Å². The average Bonchev–Trinajstić information content (AvgIpc) is 2.98. The molecule has 1 N–H and O–H groups in total. The Hall–Kier alpha value is -2.66. The molecule has 0 aliphatic heterocycles. The van der Waals surface area contributed by atoms with Crippen LogP contribution in [-0.4, -0.2) is 27.4 Å². The van der Waals surface area contributed by atoms with Gasteiger partial charge in [0.15, 0.2) is 5.69 Å². The molecule has 0 saturated heterocycles. The minimum atomic E-state index is -0.203. The SMILES string of the molecule is Cc1c(C(=O)NCCc2ccc(Cl)cc2)nnn1Cc1ccccc1. The number of carbonyl (C=O) groups is 1. The van der Waals surface area contributed by atoms with E-state index in [4.69, 9.17) is 11.6 Å². The van der Waals surface area contributed by atoms with Crippen LogP contribution in [0.15, 0.2) is 54.6 Å². The van der Waals surface area contributed by atoms with Gasteiger partial charge in [0, 0.05) is 11.6 Å². The summed E-state index contributed by atoms with van der Waals surface area (Å²) >= 11 is 5.87. The second-order valence-corrected chi connectivity index (χ2v) is 6.24. The molecule has 0 saturated carbocycles. The monoisotopic (exact) mass is 354 g/mol. The molecule has 1 heterocycles. The number of hydrogen-bond donors (Lipinski definition) is 1. The van der Waals surface area contributed by atoms with Crippen molar-refractivity contribution in [3.05, 3.63) is 82.1 Å². The van der Waals surface area contributed by atoms with Gasteiger partial charge >= 0.3 is 0 Å². The highest BCUT2D eigenvalue weighted by atomic mass is 35.5. The molecule has 0 bridgehead atoms. The zero-order valence-corrected chi connectivity index (χ0v) is 14.7. The molecule has 3 rings (SSSR count). The van der Waals surface area contributed by atoms with Crippen LogP contribution in [0.5, 0.6) is 0 Å². The molecule has 1 amide bonds. The average molecular weight is 355 g/mol. The molecule has 128 valence electrons. The van der Waals surface area contributed by atoms with Gasteiger partial charge in [-0.15, -0.1) is 5.10 Å². The fourth-order valence-corrected chi connectivity index (χ4v) is 2.66. The van der Waals surface area contributed by atoms with Crippen molar-refractivity contribution in [2.24, 2.45) is 0 Å². The Kier molecular flexibility index (Phi) is 5.46. The van der Waals surface area contributed by atoms with Gasteiger partial charge in [0.1, 0.15) is 0 Å². The van der Waals surface area contributed by atoms with E-state index in [1.165, 1.54) is 0 Å². The Morgan fingerprint density at radius 2 is 1.80 bits per heavy atom. The number of hydrogen-bond acceptors (Lipinski definition) is 3. The van der Waals surface area contributed by atoms with Crippen LogP contribution >= 0.6 is 11.6 Å². The maximum absolute atomic E-state index is 12.3. The van der Waals surface area contributed by atoms with Crippen molar-refractivity contribution < 1.29 is 4.79 Å². The first-order valence-corrected chi connectivity index (χ1v) is 8.48. The van der Waals surface area contributed by atoms with Crippen LogP contribution in [0, 0.1) is 6.92 Å². The Labute approximate surface area is 151 Å². The summed E-state index contributed by atoms with van der Waals surface area (Å²) in [6.45, 7) is 2.99. The molecule has 0 spiro atoms. The van der Waals surface area contributed by atoms with E-state index >= 15 is 0 Å². The molecule has 0 unspecified atom stereocenters. The summed E-state index contributed by atoms with van der Waals surface area (Å²) < 4.78 is 1.74. The Morgan fingerprint density at radius 3 is 2.52 bits per heavy atom. The van der Waals surface area contributed by atoms with Crippen LogP contribution in [0.1, 0.15) is 27.3 Å². The number of rotatable bonds is 6. The van der Waals surface area contributed by atoms with Crippen LogP contribution in [0.2, 0.25) is 5.02 Å². The smallest absolute Gasteiger partial charge is 0.273 e. The summed E-state index contributed by atoms with van der Waals surface area (Å²) in [7, 11) is 0. The van der Waals surface area contributed by atoms with Crippen LogP contribution in [0.25, 0.3) is 0 Å². The Bertz CT molecular complexity index is 844. The molecule has 0 aliphatic rings. The summed E-state index contributed by atoms with van der Waals surface area (Å²) in [5.74, 6) is -0.203. The van der Waals surface area contributed by atoms with Crippen molar-refractivity contribution in [2.75, 3.05) is 6.54 Å². The second-order valence-electron chi connectivity index (χ2n) is 5.80. The van der Waals surface area contributed by atoms with Gasteiger partial charge in [-0.25, -0.2) is 4.68 Å². The number of benzene rings is 2. The third-order valence-corrected chi connectivity index (χ3v) is 4.24. The quantitative estimate of drug-likeness (QED) is 0.739. The number of nitrogens with one attached hydrogen (secondary N) is 1. The third-order valence-electron chi connectivity index (χ3n) is 3.99. The second kappa shape index (κ2) is 7.94. The van der Waals surface area contributed by atoms with E-state index in [1.807, 2.05) is 61.5 Å². The number of carbonyl (C=O) groups excluding carboxylic acids is 1. The highest BCUT2D eigenvalue weighted by Crippen LogP contribution is 2.10. The van der Waals surface area contributed by atoms with E-state index in [-0.39, 0.29) is 5.91 Å². The highest BCUT2D eigenvalue weighted by Gasteiger charge is 2.16. The van der Waals surface area contributed by atoms with E-state index in [2.05, 4.69) is 15.6 Å². The Morgan fingerprint density at radius 1 is 1.08 bits per heavy atom. The summed E-state index contributed by atoms with van der Waals surface area (Å²) in [5, 5.41) is 11.7. The van der Waals surface area contributed by atoms with Crippen LogP contribution in [-0.2, 0) is 13.0 Å². The van der Waals surface area contributed by atoms with E-state index in [9.17, 15) is 4.79 Å². The van der Waals surface area contributed by atoms with Crippen molar-refractivity contribution in [2.45, 2.75) is 19.9 Å². The topological polar surface area (TPSA) is 59.8 Å². The van der Waals surface area contributed by atoms with Gasteiger partial charge in [0.25, 0.3) is 5.91 Å². The zero-order valence-electron chi connectivity index (χ0n) is 13.9. The van der Waals surface area contributed by atoms with Crippen molar-refractivity contribution in [1.82, 2.24) is 20.3 Å². The van der Waals surface area contributed by atoms with Crippen molar-refractivity contribution >= 4 is 17.5 Å². The summed E-state index contributed by atoms with van der Waals surface area (Å²) in [6, 6.07) is 17.6. The van der Waals surface area contributed by atoms with Gasteiger partial charge in [-0.2, -0.15) is 0 Å². The lowest BCUT2D eigenvalue weighted by Crippen LogP contribution is -2.26. The third kappa shape index (κ3) is 4.45. The lowest BCUT2D eigenvalue weighted by Gasteiger charge is -2.06. The number of amides is 1. The van der Waals surface area contributed by atoms with Crippen LogP contribution in [0.4, 0.5) is 0 Å². The van der Waals surface area contributed by atoms with Crippen molar-refractivity contribution in [1.29, 1.82) is 0 Å². The van der Waals surface area contributed by atoms with Gasteiger partial charge < -0.3 is 5.32 Å². The molecule has 0 aliphatic carbocycles. The predicted molar refractivity (Wildman–Crippen MR) is 97.8 cm³/mol. The first-order chi connectivity index (χ1) is 12.1. The van der Waals surface area contributed by atoms with Gasteiger partial charge in [0.2, 0.25) is 0 Å². The van der Waals surface area contributed by atoms with E-state index < -0.39 is 0 Å². The summed E-state index contributed by atoms with van der Waals surface area (Å²) in [6.07, 6.45) is 0.736. The molecule has 0 fully saturated rings. The van der Waals surface area contributed by atoms with Crippen molar-refractivity contribution in [3.63, 3.8) is 0 Å². The molecular weight excluding hydrogens is 336 g/mol. The lowest BCUT2D eigenvalue weighted by atomic mass is 10.1. The summed E-state index contributed by atoms with van der Waals surface area (Å²) in [5.41, 5.74) is 3.36. The number of nitrogens with zero attached hydrogens (tertiary/aromatic N) is 3. The normalized spacial score (nSPS) is 10.6. The minimum absolute atomic E-state index is 0.203. The van der Waals surface area contributed by atoms with E-state index in [0.717, 1.165) is 23.2 Å². The van der Waals surface area contributed by atoms with Crippen molar-refractivity contribution in [3.8, 4) is 0 Å². The van der Waals surface area contributed by atoms with Gasteiger partial charge in [-0.3, -0.25) is 4.79 Å². The first-order valence-electron chi connectivity index (χ1n) is 8.10. The first kappa shape index (κ1) is 17.2. The van der Waals surface area contributed by atoms with E-state index in [0.29, 0.717) is 23.8 Å². The maximum atomic E-state index is 12.3. The molecule has 1 aromatic heterocycles. The van der Waals surface area contributed by atoms with Gasteiger partial charge in [-0.05, 0) is 36.6 Å². The van der Waals surface area contributed by atoms with Gasteiger partial charge in [-0.1, -0.05) is 59.3 Å². The standard InChI is InChI=1S/C19H19ClN4O/c1-14-18(22-23-24(14)13-16-5-3-2-4-6-16)19(25)21-12-11-15-7-9-17(20)10-8-15/h2-10H,11-13H2,1H3,(H,21,25). The molecule has 0 atom stereocenters. The molecule has 2 aromatic carbocycles. The molecule has 5 nitrogen and oxygen atoms in total. The van der Waals surface area contributed by atoms with Gasteiger partial charge in [0.05, 0.1) is 12.2 Å². The van der Waals surface area contributed by atoms with Crippen LogP contribution in [0.3, 0.4) is 0 Å². The lowest BCUT2D eigenvalue weighted by molar-refractivity contribution is 0.0948. The predicted octanol–water partition coefficient (Wildman–Crippen LogP) is 3.26. The summed E-state index contributed by atoms with van der Waals surface area (Å²) in [4.78, 5) is 12.3. The van der Waals surface area contributed by atoms with E-state index in [1.54, 1.807) is 4.68 Å². The Balaban J connectivity index is 1.58. The zero-order chi connectivity index (χ0) is 17.6. The molecule has 3 aromatic rings. The largest absolute Gasteiger partial charge is 0.350 e. The fraction of sp³-hybridized carbons (Fsp3) is 0.211. The number of aromatic nitrogens is 3. The molecule has 6 heteroatoms. The fourth-order valence-electron chi connectivity index (χ4n) is 2.53. The number of halogens is 1. The molecule has 0 radical (unpaired) electrons. The molecule has 25 heavy (non-hydrogen) atoms. The maximum Gasteiger partial charge on any atom is 0.273 e. The molecular formula is C19H19ClN4O.